The van der Waals surface area contributed by atoms with Gasteiger partial charge in [-0.05, 0) is 25.3 Å². The summed E-state index contributed by atoms with van der Waals surface area (Å²) in [7, 11) is 0. The zero-order valence-corrected chi connectivity index (χ0v) is 9.22. The molecule has 0 aromatic heterocycles. The molecule has 1 aliphatic carbocycles. The van der Waals surface area contributed by atoms with Crippen molar-refractivity contribution in [1.29, 1.82) is 0 Å². The molecule has 0 atom stereocenters. The first-order valence-electron chi connectivity index (χ1n) is 5.17. The molecule has 0 saturated heterocycles. The van der Waals surface area contributed by atoms with Gasteiger partial charge in [-0.3, -0.25) is 0 Å². The van der Waals surface area contributed by atoms with Crippen LogP contribution in [0, 0.1) is 6.92 Å². The molecule has 76 valence electrons. The summed E-state index contributed by atoms with van der Waals surface area (Å²) in [6.45, 7) is 3.08. The molecule has 0 heterocycles. The van der Waals surface area contributed by atoms with Crippen LogP contribution in [0.1, 0.15) is 24.0 Å². The summed E-state index contributed by atoms with van der Waals surface area (Å²) in [5, 5.41) is 3.91. The Balaban J connectivity index is 1.78. The van der Waals surface area contributed by atoms with E-state index in [0.29, 0.717) is 11.4 Å². The van der Waals surface area contributed by atoms with Gasteiger partial charge in [-0.1, -0.05) is 29.8 Å². The Bertz CT molecular complexity index is 288. The maximum absolute atomic E-state index is 5.91. The Hall–Kier alpha value is -0.530. The molecule has 1 fully saturated rings. The number of benzene rings is 1. The molecule has 14 heavy (non-hydrogen) atoms. The topological polar surface area (TPSA) is 12.0 Å². The number of alkyl halides is 1. The van der Waals surface area contributed by atoms with Crippen molar-refractivity contribution < 1.29 is 0 Å². The van der Waals surface area contributed by atoms with E-state index in [-0.39, 0.29) is 0 Å². The zero-order valence-electron chi connectivity index (χ0n) is 8.46. The number of halogens is 1. The zero-order chi connectivity index (χ0) is 9.97. The number of hydrogen-bond donors (Lipinski definition) is 1. The minimum atomic E-state index is 0.408. The molecule has 1 nitrogen and oxygen atoms in total. The lowest BCUT2D eigenvalue weighted by molar-refractivity contribution is 0.345. The molecule has 0 unspecified atom stereocenters. The van der Waals surface area contributed by atoms with E-state index in [9.17, 15) is 0 Å². The lowest BCUT2D eigenvalue weighted by Gasteiger charge is -2.31. The van der Waals surface area contributed by atoms with E-state index in [4.69, 9.17) is 11.6 Å². The monoisotopic (exact) mass is 209 g/mol. The molecule has 2 heteroatoms. The third-order valence-electron chi connectivity index (χ3n) is 2.80. The van der Waals surface area contributed by atoms with E-state index >= 15 is 0 Å². The van der Waals surface area contributed by atoms with Crippen LogP contribution in [0.2, 0.25) is 0 Å². The van der Waals surface area contributed by atoms with Crippen molar-refractivity contribution in [2.75, 3.05) is 0 Å². The summed E-state index contributed by atoms with van der Waals surface area (Å²) in [6.07, 6.45) is 2.24. The normalized spacial score (nSPS) is 25.9. The van der Waals surface area contributed by atoms with Crippen molar-refractivity contribution in [3.05, 3.63) is 35.4 Å². The Kier molecular flexibility index (Phi) is 3.09. The average molecular weight is 210 g/mol. The molecule has 0 radical (unpaired) electrons. The predicted octanol–water partition coefficient (Wildman–Crippen LogP) is 2.85. The first-order valence-corrected chi connectivity index (χ1v) is 5.60. The molecule has 1 aliphatic rings. The van der Waals surface area contributed by atoms with Crippen LogP contribution in [0.3, 0.4) is 0 Å². The second kappa shape index (κ2) is 4.33. The highest BCUT2D eigenvalue weighted by atomic mass is 35.5. The van der Waals surface area contributed by atoms with Gasteiger partial charge in [0.15, 0.2) is 0 Å². The fourth-order valence-electron chi connectivity index (χ4n) is 1.68. The van der Waals surface area contributed by atoms with Crippen LogP contribution in [-0.2, 0) is 6.54 Å². The second-order valence-electron chi connectivity index (χ2n) is 4.13. The van der Waals surface area contributed by atoms with E-state index in [1.165, 1.54) is 11.1 Å². The molecule has 0 bridgehead atoms. The lowest BCUT2D eigenvalue weighted by Crippen LogP contribution is -2.41. The van der Waals surface area contributed by atoms with Gasteiger partial charge in [-0.15, -0.1) is 11.6 Å². The Morgan fingerprint density at radius 3 is 2.50 bits per heavy atom. The summed E-state index contributed by atoms with van der Waals surface area (Å²) < 4.78 is 0. The highest BCUT2D eigenvalue weighted by molar-refractivity contribution is 6.21. The smallest absolute Gasteiger partial charge is 0.0365 e. The lowest BCUT2D eigenvalue weighted by atomic mass is 9.92. The van der Waals surface area contributed by atoms with Crippen molar-refractivity contribution in [3.63, 3.8) is 0 Å². The van der Waals surface area contributed by atoms with Crippen LogP contribution < -0.4 is 5.32 Å². The van der Waals surface area contributed by atoms with E-state index in [0.717, 1.165) is 19.4 Å². The summed E-state index contributed by atoms with van der Waals surface area (Å²) in [5.41, 5.74) is 2.67. The number of rotatable bonds is 3. The van der Waals surface area contributed by atoms with E-state index in [2.05, 4.69) is 36.5 Å². The molecule has 2 rings (SSSR count). The maximum Gasteiger partial charge on any atom is 0.0365 e. The molecule has 0 spiro atoms. The standard InChI is InChI=1S/C12H16ClN/c1-9-2-4-10(5-3-9)8-14-12-6-11(13)7-12/h2-5,11-12,14H,6-8H2,1H3. The molecule has 1 N–H and O–H groups in total. The highest BCUT2D eigenvalue weighted by Gasteiger charge is 2.26. The molecule has 0 aliphatic heterocycles. The van der Waals surface area contributed by atoms with Crippen molar-refractivity contribution in [1.82, 2.24) is 5.32 Å². The first-order chi connectivity index (χ1) is 6.74. The summed E-state index contributed by atoms with van der Waals surface area (Å²) in [4.78, 5) is 0. The molecule has 0 amide bonds. The predicted molar refractivity (Wildman–Crippen MR) is 60.7 cm³/mol. The van der Waals surface area contributed by atoms with E-state index in [1.54, 1.807) is 0 Å². The van der Waals surface area contributed by atoms with Gasteiger partial charge in [0, 0.05) is 18.0 Å². The number of nitrogens with one attached hydrogen (secondary N) is 1. The van der Waals surface area contributed by atoms with Gasteiger partial charge in [-0.2, -0.15) is 0 Å². The molecular formula is C12H16ClN. The fraction of sp³-hybridized carbons (Fsp3) is 0.500. The van der Waals surface area contributed by atoms with Crippen LogP contribution in [0.5, 0.6) is 0 Å². The SMILES string of the molecule is Cc1ccc(CNC2CC(Cl)C2)cc1. The minimum Gasteiger partial charge on any atom is -0.310 e. The van der Waals surface area contributed by atoms with Gasteiger partial charge in [0.2, 0.25) is 0 Å². The second-order valence-corrected chi connectivity index (χ2v) is 4.75. The third-order valence-corrected chi connectivity index (χ3v) is 3.15. The quantitative estimate of drug-likeness (QED) is 0.755. The van der Waals surface area contributed by atoms with Crippen molar-refractivity contribution in [2.45, 2.75) is 37.7 Å². The van der Waals surface area contributed by atoms with Gasteiger partial charge >= 0.3 is 0 Å². The van der Waals surface area contributed by atoms with Crippen LogP contribution in [0.15, 0.2) is 24.3 Å². The van der Waals surface area contributed by atoms with Gasteiger partial charge in [0.25, 0.3) is 0 Å². The summed E-state index contributed by atoms with van der Waals surface area (Å²) >= 11 is 5.91. The fourth-order valence-corrected chi connectivity index (χ4v) is 2.11. The third kappa shape index (κ3) is 2.49. The Morgan fingerprint density at radius 1 is 1.29 bits per heavy atom. The highest BCUT2D eigenvalue weighted by Crippen LogP contribution is 2.25. The first kappa shape index (κ1) is 10.0. The summed E-state index contributed by atoms with van der Waals surface area (Å²) in [5.74, 6) is 0. The van der Waals surface area contributed by atoms with E-state index in [1.807, 2.05) is 0 Å². The van der Waals surface area contributed by atoms with Crippen molar-refractivity contribution in [3.8, 4) is 0 Å². The number of hydrogen-bond acceptors (Lipinski definition) is 1. The van der Waals surface area contributed by atoms with Crippen LogP contribution in [-0.4, -0.2) is 11.4 Å². The van der Waals surface area contributed by atoms with Gasteiger partial charge in [0.05, 0.1) is 0 Å². The maximum atomic E-state index is 5.91. The molecule has 1 aromatic rings. The van der Waals surface area contributed by atoms with Gasteiger partial charge in [-0.25, -0.2) is 0 Å². The Labute approximate surface area is 90.5 Å². The van der Waals surface area contributed by atoms with Crippen LogP contribution in [0.25, 0.3) is 0 Å². The van der Waals surface area contributed by atoms with Crippen molar-refractivity contribution in [2.24, 2.45) is 0 Å². The van der Waals surface area contributed by atoms with Gasteiger partial charge in [0.1, 0.15) is 0 Å². The van der Waals surface area contributed by atoms with Crippen LogP contribution >= 0.6 is 11.6 Å². The Morgan fingerprint density at radius 2 is 1.93 bits per heavy atom. The molecule has 1 aromatic carbocycles. The molecule has 1 saturated carbocycles. The largest absolute Gasteiger partial charge is 0.310 e. The molecular weight excluding hydrogens is 194 g/mol. The minimum absolute atomic E-state index is 0.408. The number of aryl methyl sites for hydroxylation is 1. The van der Waals surface area contributed by atoms with Gasteiger partial charge < -0.3 is 5.32 Å². The van der Waals surface area contributed by atoms with Crippen molar-refractivity contribution >= 4 is 11.6 Å². The van der Waals surface area contributed by atoms with Crippen LogP contribution in [0.4, 0.5) is 0 Å². The summed E-state index contributed by atoms with van der Waals surface area (Å²) in [6, 6.07) is 9.31. The average Bonchev–Trinajstić information content (AvgIpc) is 2.13. The van der Waals surface area contributed by atoms with E-state index < -0.39 is 0 Å².